The van der Waals surface area contributed by atoms with E-state index in [0.29, 0.717) is 17.4 Å². The van der Waals surface area contributed by atoms with Crippen molar-refractivity contribution in [1.82, 2.24) is 0 Å². The summed E-state index contributed by atoms with van der Waals surface area (Å²) in [6.45, 7) is 4.62. The van der Waals surface area contributed by atoms with E-state index in [9.17, 15) is 19.5 Å². The molecule has 0 radical (unpaired) electrons. The molecule has 534 valence electrons. The minimum atomic E-state index is -1.64. The third kappa shape index (κ3) is 74.9. The first kappa shape index (κ1) is 88.7. The molecule has 0 amide bonds. The van der Waals surface area contributed by atoms with Gasteiger partial charge in [-0.15, -0.1) is 0 Å². The zero-order valence-corrected chi connectivity index (χ0v) is 61.1. The first-order valence-corrected chi connectivity index (χ1v) is 38.7. The number of nitrogens with zero attached hydrogens (tertiary/aromatic N) is 1. The Morgan fingerprint density at radius 2 is 0.613 bits per heavy atom. The predicted molar refractivity (Wildman–Crippen MR) is 398 cm³/mol. The van der Waals surface area contributed by atoms with Crippen LogP contribution in [0.5, 0.6) is 0 Å². The minimum absolute atomic E-state index is 0.136. The summed E-state index contributed by atoms with van der Waals surface area (Å²) >= 11 is 0. The van der Waals surface area contributed by atoms with Crippen LogP contribution in [-0.2, 0) is 33.3 Å². The number of allylic oxidation sites excluding steroid dienone is 20. The van der Waals surface area contributed by atoms with Crippen LogP contribution in [0.15, 0.2) is 122 Å². The summed E-state index contributed by atoms with van der Waals surface area (Å²) in [5.74, 6) is -2.33. The third-order valence-electron chi connectivity index (χ3n) is 16.7. The fraction of sp³-hybridized carbons (Fsp3) is 0.726. The quantitative estimate of drug-likeness (QED) is 0.0195. The number of hydrogen-bond donors (Lipinski definition) is 0. The number of carbonyl (C=O) groups excluding carboxylic acids is 3. The lowest BCUT2D eigenvalue weighted by Crippen LogP contribution is -2.44. The molecule has 0 aromatic rings. The SMILES string of the molecule is CC/C=C\C/C=C\C/C=C\C/C=C\C/C=C\C/C=C\C/C=C\C/C=C\C/C=C\CCCCCC(=O)OC(COC(=O)CCCCCCCCCCCCCCCCCCCCCCCCCCC/C=C\CCCCCCCCCC)COC(OCC[N+](C)(C)C)C(=O)[O-]. The molecule has 2 unspecified atom stereocenters. The van der Waals surface area contributed by atoms with Gasteiger partial charge in [0, 0.05) is 12.8 Å². The van der Waals surface area contributed by atoms with E-state index in [0.717, 1.165) is 96.3 Å². The van der Waals surface area contributed by atoms with E-state index in [2.05, 4.69) is 135 Å². The van der Waals surface area contributed by atoms with Gasteiger partial charge < -0.3 is 33.3 Å². The van der Waals surface area contributed by atoms with Crippen LogP contribution >= 0.6 is 0 Å². The van der Waals surface area contributed by atoms with E-state index in [4.69, 9.17) is 18.9 Å². The second kappa shape index (κ2) is 73.5. The predicted octanol–water partition coefficient (Wildman–Crippen LogP) is 23.4. The maximum absolute atomic E-state index is 12.9. The number of unbranched alkanes of at least 4 members (excludes halogenated alkanes) is 36. The highest BCUT2D eigenvalue weighted by molar-refractivity contribution is 5.70. The first-order chi connectivity index (χ1) is 45.6. The topological polar surface area (TPSA) is 111 Å². The van der Waals surface area contributed by atoms with Crippen molar-refractivity contribution >= 4 is 17.9 Å². The Labute approximate surface area is 574 Å². The Kier molecular flexibility index (Phi) is 70.1. The summed E-state index contributed by atoms with van der Waals surface area (Å²) in [5, 5.41) is 11.8. The van der Waals surface area contributed by atoms with Crippen LogP contribution in [0.25, 0.3) is 0 Å². The van der Waals surface area contributed by atoms with Gasteiger partial charge in [-0.1, -0.05) is 334 Å². The second-order valence-corrected chi connectivity index (χ2v) is 26.9. The monoisotopic (exact) mass is 1300 g/mol. The summed E-state index contributed by atoms with van der Waals surface area (Å²) < 4.78 is 22.8. The lowest BCUT2D eigenvalue weighted by molar-refractivity contribution is -0.870. The van der Waals surface area contributed by atoms with Crippen LogP contribution < -0.4 is 5.11 Å². The largest absolute Gasteiger partial charge is 0.545 e. The van der Waals surface area contributed by atoms with Crippen molar-refractivity contribution in [1.29, 1.82) is 0 Å². The molecule has 9 nitrogen and oxygen atoms in total. The fourth-order valence-corrected chi connectivity index (χ4v) is 10.8. The highest BCUT2D eigenvalue weighted by atomic mass is 16.7. The molecule has 0 saturated carbocycles. The van der Waals surface area contributed by atoms with Crippen molar-refractivity contribution in [2.75, 3.05) is 47.5 Å². The highest BCUT2D eigenvalue weighted by Gasteiger charge is 2.22. The van der Waals surface area contributed by atoms with Gasteiger partial charge in [0.05, 0.1) is 40.3 Å². The van der Waals surface area contributed by atoms with E-state index >= 15 is 0 Å². The number of esters is 2. The van der Waals surface area contributed by atoms with E-state index in [1.807, 2.05) is 21.1 Å². The van der Waals surface area contributed by atoms with Gasteiger partial charge >= 0.3 is 11.9 Å². The molecule has 0 aliphatic carbocycles. The summed E-state index contributed by atoms with van der Waals surface area (Å²) in [6, 6.07) is 0. The highest BCUT2D eigenvalue weighted by Crippen LogP contribution is 2.18. The maximum Gasteiger partial charge on any atom is 0.306 e. The van der Waals surface area contributed by atoms with E-state index in [1.165, 1.54) is 205 Å². The number of carboxylic acids is 1. The molecule has 0 aliphatic heterocycles. The van der Waals surface area contributed by atoms with E-state index in [1.54, 1.807) is 0 Å². The molecular formula is C84H145NO8. The van der Waals surface area contributed by atoms with E-state index in [-0.39, 0.29) is 38.6 Å². The van der Waals surface area contributed by atoms with Crippen LogP contribution in [-0.4, -0.2) is 82.3 Å². The average molecular weight is 1300 g/mol. The molecular weight excluding hydrogens is 1150 g/mol. The number of hydrogen-bond acceptors (Lipinski definition) is 8. The van der Waals surface area contributed by atoms with Gasteiger partial charge in [0.1, 0.15) is 13.2 Å². The fourth-order valence-electron chi connectivity index (χ4n) is 10.8. The van der Waals surface area contributed by atoms with Crippen LogP contribution in [0.2, 0.25) is 0 Å². The molecule has 0 N–H and O–H groups in total. The maximum atomic E-state index is 12.9. The van der Waals surface area contributed by atoms with Gasteiger partial charge in [0.2, 0.25) is 0 Å². The zero-order chi connectivity index (χ0) is 67.5. The van der Waals surface area contributed by atoms with Crippen molar-refractivity contribution in [2.45, 2.75) is 347 Å². The molecule has 0 bridgehead atoms. The Morgan fingerprint density at radius 3 is 0.935 bits per heavy atom. The molecule has 2 atom stereocenters. The molecule has 93 heavy (non-hydrogen) atoms. The van der Waals surface area contributed by atoms with Crippen molar-refractivity contribution in [3.8, 4) is 0 Å². The molecule has 0 spiro atoms. The van der Waals surface area contributed by atoms with Crippen LogP contribution in [0.3, 0.4) is 0 Å². The number of rotatable bonds is 71. The standard InChI is InChI=1S/C84H145NO8/c1-6-8-10-12-14-16-18-20-22-24-26-28-30-32-34-36-38-39-40-41-42-43-45-46-48-50-52-54-56-58-60-62-64-66-68-70-72-74-81(86)91-78-80(79-92-84(83(88)89)90-77-76-85(3,4)5)93-82(87)75-73-71-69-67-65-63-61-59-57-55-53-51-49-47-44-37-35-33-31-29-27-25-23-21-19-17-15-13-11-9-7-2/h9,11,15,17,21,23-24,26-27,29,33,35,44,47,51,53,57,59,63,65,80,84H,6-8,10,12-14,16,18-20,22,25,28,30-32,34,36-43,45-46,48-50,52,54-56,58,60-62,64,66-79H2,1-5H3/b11-9-,17-15-,23-21-,26-24-,29-27-,35-33-,47-44-,53-51-,59-57-,65-63-. The van der Waals surface area contributed by atoms with Gasteiger partial charge in [-0.05, 0) is 109 Å². The number of likely N-dealkylation sites (N-methyl/N-ethyl adjacent to an activating group) is 1. The Morgan fingerprint density at radius 1 is 0.333 bits per heavy atom. The van der Waals surface area contributed by atoms with Crippen molar-refractivity contribution < 1.29 is 42.9 Å². The van der Waals surface area contributed by atoms with Gasteiger partial charge in [-0.3, -0.25) is 9.59 Å². The van der Waals surface area contributed by atoms with Crippen molar-refractivity contribution in [3.05, 3.63) is 122 Å². The van der Waals surface area contributed by atoms with Crippen LogP contribution in [0.1, 0.15) is 335 Å². The first-order valence-electron chi connectivity index (χ1n) is 38.7. The normalized spacial score (nSPS) is 13.3. The van der Waals surface area contributed by atoms with Gasteiger partial charge in [-0.25, -0.2) is 0 Å². The van der Waals surface area contributed by atoms with Gasteiger partial charge in [0.25, 0.3) is 0 Å². The number of ether oxygens (including phenoxy) is 4. The number of carboxylic acid groups (broad SMARTS) is 1. The molecule has 0 aromatic carbocycles. The Bertz CT molecular complexity index is 1950. The Balaban J connectivity index is 4.10. The molecule has 0 aliphatic rings. The lowest BCUT2D eigenvalue weighted by Gasteiger charge is -2.26. The van der Waals surface area contributed by atoms with Gasteiger partial charge in [-0.2, -0.15) is 0 Å². The number of carbonyl (C=O) groups is 3. The van der Waals surface area contributed by atoms with Crippen LogP contribution in [0, 0.1) is 0 Å². The van der Waals surface area contributed by atoms with E-state index < -0.39 is 24.3 Å². The molecule has 9 heteroatoms. The average Bonchev–Trinajstić information content (AvgIpc) is 3.38. The molecule has 0 heterocycles. The zero-order valence-electron chi connectivity index (χ0n) is 61.1. The second-order valence-electron chi connectivity index (χ2n) is 26.9. The number of quaternary nitrogens is 1. The Hall–Kier alpha value is -4.31. The molecule has 0 aromatic heterocycles. The summed E-state index contributed by atoms with van der Waals surface area (Å²) in [6.07, 6.45) is 102. The van der Waals surface area contributed by atoms with Gasteiger partial charge in [0.15, 0.2) is 12.4 Å². The summed E-state index contributed by atoms with van der Waals surface area (Å²) in [7, 11) is 5.92. The summed E-state index contributed by atoms with van der Waals surface area (Å²) in [5.41, 5.74) is 0. The molecule has 0 saturated heterocycles. The lowest BCUT2D eigenvalue weighted by atomic mass is 10.0. The van der Waals surface area contributed by atoms with Crippen molar-refractivity contribution in [3.63, 3.8) is 0 Å². The van der Waals surface area contributed by atoms with Crippen molar-refractivity contribution in [2.24, 2.45) is 0 Å². The number of aliphatic carboxylic acids is 1. The summed E-state index contributed by atoms with van der Waals surface area (Å²) in [4.78, 5) is 37.5. The van der Waals surface area contributed by atoms with Crippen LogP contribution in [0.4, 0.5) is 0 Å². The smallest absolute Gasteiger partial charge is 0.306 e. The third-order valence-corrected chi connectivity index (χ3v) is 16.7. The molecule has 0 fully saturated rings. The molecule has 0 rings (SSSR count). The minimum Gasteiger partial charge on any atom is -0.545 e.